The number of carbonyl (C=O) groups excluding carboxylic acids is 2. The number of nitrogens with zero attached hydrogens (tertiary/aromatic N) is 3. The van der Waals surface area contributed by atoms with Gasteiger partial charge in [0.1, 0.15) is 11.2 Å². The van der Waals surface area contributed by atoms with Crippen LogP contribution in [0.1, 0.15) is 29.7 Å². The standard InChI is InChI=1S/C32H34N4O7/c1-34(2)21-14-15-24(28(20-21)41-3)32(30(37)42-4)17-9-18-35(31(38)43-27-13-8-7-12-26(27)36(39)40)19-16-23-22-10-5-6-11-25(22)33-29(23)32/h5-8,10-15,20,33H,9,16-19H2,1-4H3/t32-/m1/s1. The Morgan fingerprint density at radius 2 is 1.74 bits per heavy atom. The lowest BCUT2D eigenvalue weighted by molar-refractivity contribution is -0.385. The van der Waals surface area contributed by atoms with E-state index in [2.05, 4.69) is 4.98 Å². The minimum absolute atomic E-state index is 0.125. The van der Waals surface area contributed by atoms with E-state index in [0.29, 0.717) is 29.8 Å². The van der Waals surface area contributed by atoms with Gasteiger partial charge in [0.15, 0.2) is 0 Å². The first-order valence-corrected chi connectivity index (χ1v) is 14.0. The fourth-order valence-corrected chi connectivity index (χ4v) is 5.95. The third-order valence-corrected chi connectivity index (χ3v) is 8.06. The third kappa shape index (κ3) is 5.33. The zero-order valence-electron chi connectivity index (χ0n) is 24.6. The Balaban J connectivity index is 1.63. The maximum atomic E-state index is 14.1. The second-order valence-corrected chi connectivity index (χ2v) is 10.6. The van der Waals surface area contributed by atoms with Gasteiger partial charge >= 0.3 is 17.7 Å². The Kier molecular flexibility index (Phi) is 8.24. The minimum atomic E-state index is -1.28. The maximum absolute atomic E-state index is 14.1. The number of nitrogens with one attached hydrogen (secondary N) is 1. The van der Waals surface area contributed by atoms with E-state index in [1.54, 1.807) is 13.2 Å². The van der Waals surface area contributed by atoms with Crippen molar-refractivity contribution in [2.24, 2.45) is 0 Å². The molecule has 0 saturated carbocycles. The average Bonchev–Trinajstić information content (AvgIpc) is 3.41. The molecule has 1 aromatic heterocycles. The Labute approximate surface area is 249 Å². The van der Waals surface area contributed by atoms with E-state index in [1.165, 1.54) is 30.2 Å². The molecule has 0 radical (unpaired) electrons. The lowest BCUT2D eigenvalue weighted by Crippen LogP contribution is -2.40. The number of methoxy groups -OCH3 is 2. The lowest BCUT2D eigenvalue weighted by atomic mass is 9.71. The molecule has 0 bridgehead atoms. The van der Waals surface area contributed by atoms with Crippen LogP contribution in [-0.4, -0.2) is 68.3 Å². The second-order valence-electron chi connectivity index (χ2n) is 10.6. The number of fused-ring (bicyclic) bond motifs is 3. The fourth-order valence-electron chi connectivity index (χ4n) is 5.95. The summed E-state index contributed by atoms with van der Waals surface area (Å²) in [5.74, 6) is -0.0416. The first kappa shape index (κ1) is 29.4. The summed E-state index contributed by atoms with van der Waals surface area (Å²) in [6.07, 6.45) is 0.373. The number of aromatic amines is 1. The molecule has 0 spiro atoms. The topological polar surface area (TPSA) is 127 Å². The third-order valence-electron chi connectivity index (χ3n) is 8.06. The number of ether oxygens (including phenoxy) is 3. The van der Waals surface area contributed by atoms with Crippen LogP contribution in [0.15, 0.2) is 66.7 Å². The number of amides is 1. The number of carbonyl (C=O) groups is 2. The highest BCUT2D eigenvalue weighted by Crippen LogP contribution is 2.46. The molecule has 2 heterocycles. The van der Waals surface area contributed by atoms with Crippen LogP contribution >= 0.6 is 0 Å². The highest BCUT2D eigenvalue weighted by Gasteiger charge is 2.48. The van der Waals surface area contributed by atoms with Gasteiger partial charge in [-0.1, -0.05) is 36.4 Å². The van der Waals surface area contributed by atoms with E-state index < -0.39 is 22.4 Å². The molecule has 0 aliphatic carbocycles. The van der Waals surface area contributed by atoms with Gasteiger partial charge in [-0.3, -0.25) is 14.9 Å². The SMILES string of the molecule is COC(=O)[C@@]1(c2ccc(N(C)C)cc2OC)CCCN(C(=O)Oc2ccccc2[N+](=O)[O-])CCc2c1[nH]c1ccccc21. The number of rotatable bonds is 6. The van der Waals surface area contributed by atoms with Crippen LogP contribution in [0.25, 0.3) is 10.9 Å². The number of esters is 1. The zero-order chi connectivity index (χ0) is 30.7. The van der Waals surface area contributed by atoms with Gasteiger partial charge < -0.3 is 29.0 Å². The molecule has 1 atom stereocenters. The van der Waals surface area contributed by atoms with E-state index in [9.17, 15) is 19.7 Å². The summed E-state index contributed by atoms with van der Waals surface area (Å²) in [5, 5.41) is 12.4. The van der Waals surface area contributed by atoms with Crippen molar-refractivity contribution in [3.8, 4) is 11.5 Å². The summed E-state index contributed by atoms with van der Waals surface area (Å²) >= 11 is 0. The minimum Gasteiger partial charge on any atom is -0.496 e. The van der Waals surface area contributed by atoms with Crippen LogP contribution in [0, 0.1) is 10.1 Å². The molecule has 5 rings (SSSR count). The van der Waals surface area contributed by atoms with Crippen LogP contribution in [0.2, 0.25) is 0 Å². The van der Waals surface area contributed by atoms with Crippen LogP contribution < -0.4 is 14.4 Å². The van der Waals surface area contributed by atoms with E-state index in [0.717, 1.165) is 22.2 Å². The number of anilines is 1. The van der Waals surface area contributed by atoms with Gasteiger partial charge in [-0.05, 0) is 43.0 Å². The maximum Gasteiger partial charge on any atom is 0.415 e. The fraction of sp³-hybridized carbons (Fsp3) is 0.312. The highest BCUT2D eigenvalue weighted by atomic mass is 16.6. The molecular weight excluding hydrogens is 552 g/mol. The van der Waals surface area contributed by atoms with Crippen molar-refractivity contribution in [2.45, 2.75) is 24.7 Å². The molecule has 224 valence electrons. The Bertz CT molecular complexity index is 1680. The quantitative estimate of drug-likeness (QED) is 0.180. The van der Waals surface area contributed by atoms with Crippen LogP contribution in [0.4, 0.5) is 16.2 Å². The number of nitro groups is 1. The number of H-pyrrole nitrogens is 1. The lowest BCUT2D eigenvalue weighted by Gasteiger charge is -2.33. The van der Waals surface area contributed by atoms with Crippen molar-refractivity contribution < 1.29 is 28.7 Å². The van der Waals surface area contributed by atoms with Crippen LogP contribution in [-0.2, 0) is 21.4 Å². The molecule has 11 heteroatoms. The Hall–Kier alpha value is -5.06. The molecular formula is C32H34N4O7. The van der Waals surface area contributed by atoms with Gasteiger partial charge in [0.05, 0.1) is 19.1 Å². The second kappa shape index (κ2) is 12.0. The number of hydrogen-bond donors (Lipinski definition) is 1. The predicted octanol–water partition coefficient (Wildman–Crippen LogP) is 5.45. The average molecular weight is 587 g/mol. The largest absolute Gasteiger partial charge is 0.496 e. The molecule has 1 aliphatic heterocycles. The van der Waals surface area contributed by atoms with Gasteiger partial charge in [0, 0.05) is 67.2 Å². The molecule has 11 nitrogen and oxygen atoms in total. The summed E-state index contributed by atoms with van der Waals surface area (Å²) in [4.78, 5) is 45.4. The van der Waals surface area contributed by atoms with E-state index in [1.807, 2.05) is 61.5 Å². The van der Waals surface area contributed by atoms with Crippen molar-refractivity contribution in [3.05, 3.63) is 93.7 Å². The van der Waals surface area contributed by atoms with Gasteiger partial charge in [-0.2, -0.15) is 0 Å². The number of hydrogen-bond acceptors (Lipinski definition) is 8. The number of para-hydroxylation sites is 3. The number of aromatic nitrogens is 1. The van der Waals surface area contributed by atoms with Gasteiger partial charge in [-0.25, -0.2) is 4.79 Å². The van der Waals surface area contributed by atoms with Crippen molar-refractivity contribution in [1.29, 1.82) is 0 Å². The van der Waals surface area contributed by atoms with Gasteiger partial charge in [0.2, 0.25) is 5.75 Å². The summed E-state index contributed by atoms with van der Waals surface area (Å²) in [6.45, 7) is 0.515. The highest BCUT2D eigenvalue weighted by molar-refractivity contribution is 5.94. The molecule has 3 aromatic carbocycles. The molecule has 1 aliphatic rings. The first-order chi connectivity index (χ1) is 20.7. The molecule has 0 unspecified atom stereocenters. The van der Waals surface area contributed by atoms with Crippen molar-refractivity contribution in [3.63, 3.8) is 0 Å². The summed E-state index contributed by atoms with van der Waals surface area (Å²) in [6, 6.07) is 19.3. The summed E-state index contributed by atoms with van der Waals surface area (Å²) in [7, 11) is 6.80. The van der Waals surface area contributed by atoms with Crippen LogP contribution in [0.5, 0.6) is 11.5 Å². The zero-order valence-corrected chi connectivity index (χ0v) is 24.6. The van der Waals surface area contributed by atoms with Crippen LogP contribution in [0.3, 0.4) is 0 Å². The molecule has 1 amide bonds. The smallest absolute Gasteiger partial charge is 0.415 e. The molecule has 1 N–H and O–H groups in total. The molecule has 0 fully saturated rings. The van der Waals surface area contributed by atoms with Gasteiger partial charge in [0.25, 0.3) is 0 Å². The Morgan fingerprint density at radius 3 is 2.47 bits per heavy atom. The monoisotopic (exact) mass is 586 g/mol. The first-order valence-electron chi connectivity index (χ1n) is 14.0. The molecule has 43 heavy (non-hydrogen) atoms. The van der Waals surface area contributed by atoms with E-state index >= 15 is 0 Å². The van der Waals surface area contributed by atoms with Crippen molar-refractivity contribution >= 4 is 34.3 Å². The number of benzene rings is 3. The predicted molar refractivity (Wildman–Crippen MR) is 162 cm³/mol. The molecule has 4 aromatic rings. The van der Waals surface area contributed by atoms with Crippen molar-refractivity contribution in [2.75, 3.05) is 46.3 Å². The van der Waals surface area contributed by atoms with E-state index in [-0.39, 0.29) is 30.9 Å². The normalized spacial score (nSPS) is 16.8. The summed E-state index contributed by atoms with van der Waals surface area (Å²) < 4.78 is 16.9. The number of nitro benzene ring substituents is 1. The van der Waals surface area contributed by atoms with Crippen molar-refractivity contribution in [1.82, 2.24) is 9.88 Å². The van der Waals surface area contributed by atoms with E-state index in [4.69, 9.17) is 14.2 Å². The Morgan fingerprint density at radius 1 is 1.00 bits per heavy atom. The molecule has 0 saturated heterocycles. The van der Waals surface area contributed by atoms with Gasteiger partial charge in [-0.15, -0.1) is 0 Å². The summed E-state index contributed by atoms with van der Waals surface area (Å²) in [5.41, 5.74) is 2.38.